The summed E-state index contributed by atoms with van der Waals surface area (Å²) in [6.45, 7) is 0.646. The molecular weight excluding hydrogens is 572 g/mol. The van der Waals surface area contributed by atoms with Crippen LogP contribution < -0.4 is 0 Å². The first-order valence-electron chi connectivity index (χ1n) is 13.6. The van der Waals surface area contributed by atoms with Crippen molar-refractivity contribution >= 4 is 23.3 Å². The van der Waals surface area contributed by atoms with E-state index in [1.807, 2.05) is 66.7 Å². The van der Waals surface area contributed by atoms with Gasteiger partial charge in [0.15, 0.2) is 0 Å². The predicted octanol–water partition coefficient (Wildman–Crippen LogP) is 7.45. The second kappa shape index (κ2) is 10.6. The van der Waals surface area contributed by atoms with Crippen LogP contribution in [0.4, 0.5) is 0 Å². The minimum atomic E-state index is -0.462. The summed E-state index contributed by atoms with van der Waals surface area (Å²) in [7, 11) is 1.76. The Bertz CT molecular complexity index is 1820. The van der Waals surface area contributed by atoms with Crippen molar-refractivity contribution in [2.45, 2.75) is 25.0 Å². The van der Waals surface area contributed by atoms with E-state index in [9.17, 15) is 0 Å². The summed E-state index contributed by atoms with van der Waals surface area (Å²) in [5, 5.41) is 19.4. The van der Waals surface area contributed by atoms with Crippen molar-refractivity contribution in [2.75, 3.05) is 7.05 Å². The maximum absolute atomic E-state index is 5.08. The Labute approximate surface area is 254 Å². The number of nitrogens with zero attached hydrogens (tertiary/aromatic N) is 8. The normalized spacial score (nSPS) is 24.7. The van der Waals surface area contributed by atoms with Crippen molar-refractivity contribution in [1.82, 2.24) is 0 Å². The second-order valence-electron chi connectivity index (χ2n) is 10.1. The van der Waals surface area contributed by atoms with Crippen molar-refractivity contribution in [2.24, 2.45) is 20.0 Å². The summed E-state index contributed by atoms with van der Waals surface area (Å²) in [6, 6.07) is 32.6. The zero-order valence-corrected chi connectivity index (χ0v) is 23.5. The molecule has 0 fully saturated rings. The van der Waals surface area contributed by atoms with E-state index in [0.717, 1.165) is 44.8 Å². The maximum atomic E-state index is 5.08. The van der Waals surface area contributed by atoms with Gasteiger partial charge in [0.2, 0.25) is 0 Å². The molecule has 4 aliphatic heterocycles. The van der Waals surface area contributed by atoms with Crippen LogP contribution in [-0.2, 0) is 23.6 Å². The number of benzene rings is 4. The molecule has 211 valence electrons. The molecule has 0 amide bonds. The SMILES string of the molecule is CN=C1[N-]C(N=C2[N-]C(N=C3[N-]C(N=C4[N-]Cc5ccccc54)c4ccccc43)c3ccccc32)c2ccccc21.[Cu]. The van der Waals surface area contributed by atoms with Crippen LogP contribution in [0.1, 0.15) is 63.0 Å². The number of hydrogen-bond donors (Lipinski definition) is 0. The summed E-state index contributed by atoms with van der Waals surface area (Å²) < 4.78 is 0. The Kier molecular flexibility index (Phi) is 6.61. The molecule has 8 nitrogen and oxygen atoms in total. The Balaban J connectivity index is 0.00000288. The van der Waals surface area contributed by atoms with Crippen LogP contribution in [0.5, 0.6) is 0 Å². The predicted molar refractivity (Wildman–Crippen MR) is 163 cm³/mol. The molecule has 42 heavy (non-hydrogen) atoms. The van der Waals surface area contributed by atoms with Crippen LogP contribution in [0.3, 0.4) is 0 Å². The van der Waals surface area contributed by atoms with E-state index in [-0.39, 0.29) is 17.1 Å². The molecule has 4 aromatic carbocycles. The van der Waals surface area contributed by atoms with Crippen LogP contribution in [0.25, 0.3) is 21.3 Å². The van der Waals surface area contributed by atoms with Crippen LogP contribution in [0.2, 0.25) is 0 Å². The van der Waals surface area contributed by atoms with Crippen molar-refractivity contribution in [3.63, 3.8) is 0 Å². The minimum Gasteiger partial charge on any atom is -0.469 e. The topological polar surface area (TPSA) is 106 Å². The van der Waals surface area contributed by atoms with E-state index in [1.165, 1.54) is 5.56 Å². The molecule has 3 atom stereocenters. The van der Waals surface area contributed by atoms with Gasteiger partial charge in [0.05, 0.1) is 0 Å². The van der Waals surface area contributed by atoms with E-state index < -0.39 is 18.5 Å². The maximum Gasteiger partial charge on any atom is 0 e. The number of aliphatic imine (C=N–C) groups is 4. The van der Waals surface area contributed by atoms with Crippen LogP contribution in [0.15, 0.2) is 117 Å². The molecule has 0 N–H and O–H groups in total. The number of fused-ring (bicyclic) bond motifs is 4. The van der Waals surface area contributed by atoms with Crippen LogP contribution in [-0.4, -0.2) is 30.4 Å². The standard InChI is InChI=1S/C33H24N8.Cu/c1-34-27-21-12-4-5-13-22(21)29(36-27)38-31-25-16-8-9-17-26(25)33(40-31)41-32-24-15-7-6-14-23(24)30(39-32)37-28-20-11-3-2-10-19(20)18-35-28;/h2-17,29-30,33H,18H2,1H3;/q-4;. The Hall–Kier alpha value is -4.72. The first kappa shape index (κ1) is 26.2. The average molecular weight is 596 g/mol. The van der Waals surface area contributed by atoms with Gasteiger partial charge in [0.1, 0.15) is 0 Å². The quantitative estimate of drug-likeness (QED) is 0.219. The Morgan fingerprint density at radius 3 is 1.43 bits per heavy atom. The van der Waals surface area contributed by atoms with E-state index in [1.54, 1.807) is 7.05 Å². The van der Waals surface area contributed by atoms with Gasteiger partial charge >= 0.3 is 0 Å². The van der Waals surface area contributed by atoms with Gasteiger partial charge in [-0.15, -0.1) is 0 Å². The molecule has 9 heteroatoms. The molecule has 0 spiro atoms. The fourth-order valence-corrected chi connectivity index (χ4v) is 5.80. The van der Waals surface area contributed by atoms with E-state index in [4.69, 9.17) is 30.9 Å². The largest absolute Gasteiger partial charge is 0.469 e. The molecule has 0 bridgehead atoms. The molecule has 4 heterocycles. The summed E-state index contributed by atoms with van der Waals surface area (Å²) in [5.41, 5.74) is 8.25. The van der Waals surface area contributed by atoms with Gasteiger partial charge in [0, 0.05) is 17.1 Å². The van der Waals surface area contributed by atoms with Gasteiger partial charge in [0.25, 0.3) is 0 Å². The van der Waals surface area contributed by atoms with Gasteiger partial charge in [-0.05, 0) is 69.5 Å². The van der Waals surface area contributed by atoms with Crippen molar-refractivity contribution in [1.29, 1.82) is 0 Å². The monoisotopic (exact) mass is 595 g/mol. The molecule has 3 unspecified atom stereocenters. The van der Waals surface area contributed by atoms with Crippen molar-refractivity contribution < 1.29 is 17.1 Å². The van der Waals surface area contributed by atoms with E-state index in [0.29, 0.717) is 24.1 Å². The third-order valence-corrected chi connectivity index (χ3v) is 7.78. The van der Waals surface area contributed by atoms with Crippen LogP contribution >= 0.6 is 0 Å². The first-order valence-corrected chi connectivity index (χ1v) is 13.6. The second-order valence-corrected chi connectivity index (χ2v) is 10.1. The summed E-state index contributed by atoms with van der Waals surface area (Å²) in [4.78, 5) is 19.4. The molecule has 0 aromatic heterocycles. The fourth-order valence-electron chi connectivity index (χ4n) is 5.80. The fraction of sp³-hybridized carbons (Fsp3) is 0.152. The third kappa shape index (κ3) is 4.29. The number of rotatable bonds is 3. The smallest absolute Gasteiger partial charge is 0 e. The molecule has 0 saturated heterocycles. The van der Waals surface area contributed by atoms with Gasteiger partial charge in [-0.3, -0.25) is 0 Å². The number of hydrogen-bond acceptors (Lipinski definition) is 4. The summed E-state index contributed by atoms with van der Waals surface area (Å²) in [6.07, 6.45) is -1.26. The minimum absolute atomic E-state index is 0. The Morgan fingerprint density at radius 1 is 0.500 bits per heavy atom. The van der Waals surface area contributed by atoms with Gasteiger partial charge < -0.3 is 41.2 Å². The number of amidine groups is 4. The first-order chi connectivity index (χ1) is 20.3. The van der Waals surface area contributed by atoms with E-state index in [2.05, 4.69) is 40.6 Å². The molecule has 0 aliphatic carbocycles. The van der Waals surface area contributed by atoms with Gasteiger partial charge in [-0.25, -0.2) is 0 Å². The zero-order valence-electron chi connectivity index (χ0n) is 22.6. The average Bonchev–Trinajstić information content (AvgIpc) is 3.78. The molecule has 0 saturated carbocycles. The molecular formula is C33H24CuN8-4. The molecule has 1 radical (unpaired) electrons. The van der Waals surface area contributed by atoms with Crippen molar-refractivity contribution in [3.8, 4) is 0 Å². The molecule has 4 aromatic rings. The summed E-state index contributed by atoms with van der Waals surface area (Å²) >= 11 is 0. The zero-order chi connectivity index (χ0) is 27.3. The van der Waals surface area contributed by atoms with E-state index >= 15 is 0 Å². The van der Waals surface area contributed by atoms with Gasteiger partial charge in [-0.2, -0.15) is 0 Å². The summed E-state index contributed by atoms with van der Waals surface area (Å²) in [5.74, 6) is 2.73. The Morgan fingerprint density at radius 2 is 0.905 bits per heavy atom. The van der Waals surface area contributed by atoms with Crippen molar-refractivity contribution in [3.05, 3.63) is 163 Å². The molecule has 4 aliphatic rings. The molecule has 8 rings (SSSR count). The third-order valence-electron chi connectivity index (χ3n) is 7.78. The van der Waals surface area contributed by atoms with Gasteiger partial charge in [-0.1, -0.05) is 127 Å². The van der Waals surface area contributed by atoms with Crippen LogP contribution in [0, 0.1) is 0 Å².